The quantitative estimate of drug-likeness (QED) is 0.554. The lowest BCUT2D eigenvalue weighted by Crippen LogP contribution is -2.14. The van der Waals surface area contributed by atoms with Crippen molar-refractivity contribution in [3.8, 4) is 17.1 Å². The summed E-state index contributed by atoms with van der Waals surface area (Å²) >= 11 is 0. The molecule has 0 atom stereocenters. The van der Waals surface area contributed by atoms with Crippen molar-refractivity contribution < 1.29 is 9.32 Å². The number of nitrogens with one attached hydrogen (secondary N) is 1. The molecule has 2 aromatic heterocycles. The molecule has 0 aliphatic heterocycles. The second-order valence-corrected chi connectivity index (χ2v) is 7.93. The molecule has 2 heterocycles. The zero-order valence-electron chi connectivity index (χ0n) is 17.1. The Morgan fingerprint density at radius 2 is 1.93 bits per heavy atom. The van der Waals surface area contributed by atoms with Gasteiger partial charge in [-0.05, 0) is 53.2 Å². The minimum absolute atomic E-state index is 0.252. The third-order valence-corrected chi connectivity index (χ3v) is 4.55. The number of aromatic nitrogens is 6. The minimum atomic E-state index is -0.268. The first-order chi connectivity index (χ1) is 14.3. The first-order valence-corrected chi connectivity index (χ1v) is 9.42. The molecule has 9 heteroatoms. The molecule has 0 bridgehead atoms. The Hall–Kier alpha value is -3.88. The summed E-state index contributed by atoms with van der Waals surface area (Å²) < 4.78 is 7.00. The SMILES string of the molecule is Cc1cc(NC(=O)c2ccccc2-c2nc(C(C)(C)C)no2)ccc1-n1cnnn1. The summed E-state index contributed by atoms with van der Waals surface area (Å²) in [6, 6.07) is 12.7. The van der Waals surface area contributed by atoms with Gasteiger partial charge in [0, 0.05) is 11.1 Å². The Morgan fingerprint density at radius 1 is 1.13 bits per heavy atom. The highest BCUT2D eigenvalue weighted by Gasteiger charge is 2.23. The van der Waals surface area contributed by atoms with Crippen LogP contribution in [0.3, 0.4) is 0 Å². The van der Waals surface area contributed by atoms with Crippen LogP contribution in [0.5, 0.6) is 0 Å². The van der Waals surface area contributed by atoms with Gasteiger partial charge < -0.3 is 9.84 Å². The van der Waals surface area contributed by atoms with Crippen molar-refractivity contribution in [1.29, 1.82) is 0 Å². The van der Waals surface area contributed by atoms with Gasteiger partial charge in [-0.1, -0.05) is 38.1 Å². The second-order valence-electron chi connectivity index (χ2n) is 7.93. The zero-order chi connectivity index (χ0) is 21.3. The molecule has 0 fully saturated rings. The molecular weight excluding hydrogens is 382 g/mol. The number of aryl methyl sites for hydroxylation is 1. The third-order valence-electron chi connectivity index (χ3n) is 4.55. The van der Waals surface area contributed by atoms with Crippen LogP contribution >= 0.6 is 0 Å². The molecule has 0 aliphatic carbocycles. The number of tetrazole rings is 1. The van der Waals surface area contributed by atoms with E-state index in [4.69, 9.17) is 4.52 Å². The number of amides is 1. The second kappa shape index (κ2) is 7.51. The molecular formula is C21H21N7O2. The average Bonchev–Trinajstić information content (AvgIpc) is 3.40. The molecule has 0 radical (unpaired) electrons. The number of hydrogen-bond donors (Lipinski definition) is 1. The summed E-state index contributed by atoms with van der Waals surface area (Å²) in [5.74, 6) is 0.632. The monoisotopic (exact) mass is 403 g/mol. The first kappa shape index (κ1) is 19.4. The molecule has 152 valence electrons. The van der Waals surface area contributed by atoms with E-state index in [1.807, 2.05) is 45.9 Å². The topological polar surface area (TPSA) is 112 Å². The van der Waals surface area contributed by atoms with E-state index in [1.165, 1.54) is 6.33 Å². The van der Waals surface area contributed by atoms with Crippen LogP contribution in [0.2, 0.25) is 0 Å². The van der Waals surface area contributed by atoms with Gasteiger partial charge in [-0.3, -0.25) is 4.79 Å². The van der Waals surface area contributed by atoms with Crippen LogP contribution in [0.15, 0.2) is 53.3 Å². The molecule has 9 nitrogen and oxygen atoms in total. The van der Waals surface area contributed by atoms with Crippen LogP contribution in [-0.4, -0.2) is 36.3 Å². The van der Waals surface area contributed by atoms with Crippen LogP contribution in [-0.2, 0) is 5.41 Å². The van der Waals surface area contributed by atoms with E-state index in [-0.39, 0.29) is 11.3 Å². The molecule has 30 heavy (non-hydrogen) atoms. The fourth-order valence-electron chi connectivity index (χ4n) is 2.97. The molecule has 0 spiro atoms. The van der Waals surface area contributed by atoms with Crippen molar-refractivity contribution in [1.82, 2.24) is 30.3 Å². The number of hydrogen-bond acceptors (Lipinski definition) is 7. The zero-order valence-corrected chi connectivity index (χ0v) is 17.1. The Balaban J connectivity index is 1.61. The van der Waals surface area contributed by atoms with Crippen LogP contribution < -0.4 is 5.32 Å². The molecule has 4 aromatic rings. The largest absolute Gasteiger partial charge is 0.334 e. The van der Waals surface area contributed by atoms with Crippen LogP contribution in [0.25, 0.3) is 17.1 Å². The number of nitrogens with zero attached hydrogens (tertiary/aromatic N) is 6. The molecule has 4 rings (SSSR count). The number of anilines is 1. The first-order valence-electron chi connectivity index (χ1n) is 9.42. The summed E-state index contributed by atoms with van der Waals surface area (Å²) in [7, 11) is 0. The predicted molar refractivity (Wildman–Crippen MR) is 110 cm³/mol. The Morgan fingerprint density at radius 3 is 2.60 bits per heavy atom. The standard InChI is InChI=1S/C21H21N7O2/c1-13-11-14(9-10-17(13)28-12-22-26-27-28)23-18(29)15-7-5-6-8-16(15)19-24-20(25-30-19)21(2,3)4/h5-12H,1-4H3,(H,23,29). The average molecular weight is 403 g/mol. The van der Waals surface area contributed by atoms with Crippen molar-refractivity contribution in [3.63, 3.8) is 0 Å². The third kappa shape index (κ3) is 3.82. The van der Waals surface area contributed by atoms with Gasteiger partial charge in [0.15, 0.2) is 5.82 Å². The molecule has 0 unspecified atom stereocenters. The molecule has 1 N–H and O–H groups in total. The van der Waals surface area contributed by atoms with Gasteiger partial charge in [-0.25, -0.2) is 4.68 Å². The van der Waals surface area contributed by atoms with Crippen molar-refractivity contribution in [2.75, 3.05) is 5.32 Å². The van der Waals surface area contributed by atoms with Crippen LogP contribution in [0, 0.1) is 6.92 Å². The highest BCUT2D eigenvalue weighted by molar-refractivity contribution is 6.08. The van der Waals surface area contributed by atoms with E-state index < -0.39 is 0 Å². The van der Waals surface area contributed by atoms with Gasteiger partial charge in [0.05, 0.1) is 16.8 Å². The normalized spacial score (nSPS) is 11.5. The lowest BCUT2D eigenvalue weighted by Gasteiger charge is -2.11. The van der Waals surface area contributed by atoms with E-state index in [2.05, 4.69) is 31.0 Å². The molecule has 0 aliphatic rings. The summed E-state index contributed by atoms with van der Waals surface area (Å²) in [4.78, 5) is 17.5. The maximum atomic E-state index is 13.0. The summed E-state index contributed by atoms with van der Waals surface area (Å²) in [5.41, 5.74) is 3.19. The highest BCUT2D eigenvalue weighted by atomic mass is 16.5. The van der Waals surface area contributed by atoms with Crippen molar-refractivity contribution in [2.24, 2.45) is 0 Å². The Kier molecular flexibility index (Phi) is 4.86. The number of carbonyl (C=O) groups is 1. The summed E-state index contributed by atoms with van der Waals surface area (Å²) in [6.45, 7) is 7.93. The minimum Gasteiger partial charge on any atom is -0.334 e. The Bertz CT molecular complexity index is 1190. The van der Waals surface area contributed by atoms with Gasteiger partial charge in [0.25, 0.3) is 11.8 Å². The smallest absolute Gasteiger partial charge is 0.258 e. The number of carbonyl (C=O) groups excluding carboxylic acids is 1. The summed E-state index contributed by atoms with van der Waals surface area (Å²) in [6.07, 6.45) is 1.52. The van der Waals surface area contributed by atoms with E-state index in [1.54, 1.807) is 28.9 Å². The van der Waals surface area contributed by atoms with E-state index in [0.29, 0.717) is 28.5 Å². The van der Waals surface area contributed by atoms with Crippen LogP contribution in [0.1, 0.15) is 42.5 Å². The molecule has 0 saturated heterocycles. The molecule has 0 saturated carbocycles. The van der Waals surface area contributed by atoms with E-state index in [0.717, 1.165) is 11.3 Å². The summed E-state index contributed by atoms with van der Waals surface area (Å²) in [5, 5.41) is 18.2. The van der Waals surface area contributed by atoms with Gasteiger partial charge >= 0.3 is 0 Å². The lowest BCUT2D eigenvalue weighted by molar-refractivity contribution is 0.102. The lowest BCUT2D eigenvalue weighted by atomic mass is 9.96. The van der Waals surface area contributed by atoms with Crippen molar-refractivity contribution >= 4 is 11.6 Å². The Labute approximate surface area is 173 Å². The van der Waals surface area contributed by atoms with Crippen molar-refractivity contribution in [3.05, 3.63) is 65.7 Å². The number of benzene rings is 2. The predicted octanol–water partition coefficient (Wildman–Crippen LogP) is 3.57. The van der Waals surface area contributed by atoms with Crippen LogP contribution in [0.4, 0.5) is 5.69 Å². The fraction of sp³-hybridized carbons (Fsp3) is 0.238. The maximum Gasteiger partial charge on any atom is 0.258 e. The maximum absolute atomic E-state index is 13.0. The van der Waals surface area contributed by atoms with Gasteiger partial charge in [0.1, 0.15) is 6.33 Å². The van der Waals surface area contributed by atoms with Gasteiger partial charge in [0.2, 0.25) is 0 Å². The molecule has 2 aromatic carbocycles. The fourth-order valence-corrected chi connectivity index (χ4v) is 2.97. The van der Waals surface area contributed by atoms with E-state index >= 15 is 0 Å². The van der Waals surface area contributed by atoms with Gasteiger partial charge in [-0.15, -0.1) is 5.10 Å². The van der Waals surface area contributed by atoms with Gasteiger partial charge in [-0.2, -0.15) is 4.98 Å². The molecule has 1 amide bonds. The number of rotatable bonds is 4. The van der Waals surface area contributed by atoms with Crippen molar-refractivity contribution in [2.45, 2.75) is 33.1 Å². The highest BCUT2D eigenvalue weighted by Crippen LogP contribution is 2.27. The van der Waals surface area contributed by atoms with E-state index in [9.17, 15) is 4.79 Å².